The van der Waals surface area contributed by atoms with Crippen molar-refractivity contribution in [2.75, 3.05) is 14.1 Å². The zero-order chi connectivity index (χ0) is 13.1. The van der Waals surface area contributed by atoms with Crippen LogP contribution in [0.25, 0.3) is 0 Å². The molecule has 0 bridgehead atoms. The monoisotopic (exact) mass is 257 g/mol. The maximum atomic E-state index is 11.7. The Kier molecular flexibility index (Phi) is 4.08. The van der Waals surface area contributed by atoms with E-state index in [4.69, 9.17) is 0 Å². The third kappa shape index (κ3) is 4.04. The van der Waals surface area contributed by atoms with Crippen molar-refractivity contribution < 1.29 is 13.2 Å². The van der Waals surface area contributed by atoms with Crippen molar-refractivity contribution in [3.8, 4) is 0 Å². The van der Waals surface area contributed by atoms with Gasteiger partial charge < -0.3 is 0 Å². The van der Waals surface area contributed by atoms with E-state index in [2.05, 4.69) is 5.43 Å². The first-order valence-electron chi connectivity index (χ1n) is 4.89. The van der Waals surface area contributed by atoms with E-state index in [0.717, 1.165) is 5.56 Å². The summed E-state index contributed by atoms with van der Waals surface area (Å²) in [5.74, 6) is 0. The zero-order valence-electron chi connectivity index (χ0n) is 9.89. The number of sulfonamides is 1. The molecule has 0 saturated heterocycles. The molecule has 1 aromatic rings. The molecule has 0 radical (unpaired) electrons. The number of nitrogens with zero attached hydrogens (tertiary/aromatic N) is 1. The molecule has 0 saturated carbocycles. The molecule has 1 aromatic carbocycles. The van der Waals surface area contributed by atoms with Crippen molar-refractivity contribution in [3.05, 3.63) is 29.8 Å². The minimum absolute atomic E-state index is 0.0528. The van der Waals surface area contributed by atoms with E-state index in [0.29, 0.717) is 0 Å². The van der Waals surface area contributed by atoms with E-state index in [-0.39, 0.29) is 4.90 Å². The Balaban J connectivity index is 2.82. The van der Waals surface area contributed by atoms with E-state index in [1.807, 2.05) is 11.6 Å². The zero-order valence-corrected chi connectivity index (χ0v) is 10.7. The van der Waals surface area contributed by atoms with Crippen LogP contribution in [-0.4, -0.2) is 33.6 Å². The van der Waals surface area contributed by atoms with Crippen LogP contribution < -0.4 is 10.1 Å². The van der Waals surface area contributed by atoms with Crippen molar-refractivity contribution in [2.24, 2.45) is 0 Å². The smallest absolute Gasteiger partial charge is 0.270 e. The number of hydrogen-bond acceptors (Lipinski definition) is 4. The first kappa shape index (κ1) is 13.5. The molecule has 2 amide bonds. The summed E-state index contributed by atoms with van der Waals surface area (Å²) in [6.07, 6.45) is 0. The van der Waals surface area contributed by atoms with Crippen molar-refractivity contribution in [2.45, 2.75) is 11.8 Å². The van der Waals surface area contributed by atoms with Crippen LogP contribution in [-0.2, 0) is 10.0 Å². The number of carbonyl (C=O) groups excluding carboxylic acids is 1. The lowest BCUT2D eigenvalue weighted by Gasteiger charge is -2.13. The maximum Gasteiger partial charge on any atom is 0.343 e. The van der Waals surface area contributed by atoms with Gasteiger partial charge in [-0.25, -0.2) is 22.9 Å². The molecule has 0 spiro atoms. The Morgan fingerprint density at radius 3 is 2.18 bits per heavy atom. The summed E-state index contributed by atoms with van der Waals surface area (Å²) in [5.41, 5.74) is 3.23. The average Bonchev–Trinajstić information content (AvgIpc) is 2.15. The Bertz CT molecular complexity index is 494. The molecule has 94 valence electrons. The molecule has 7 heteroatoms. The standard InChI is InChI=1S/C10H15N3O3S/c1-8-4-6-9(7-5-8)17(15,16)12-10(14)11-13(2)3/h4-7H,1-3H3,(H2,11,12,14). The maximum absolute atomic E-state index is 11.7. The molecule has 6 nitrogen and oxygen atoms in total. The topological polar surface area (TPSA) is 78.5 Å². The molecular formula is C10H15N3O3S. The van der Waals surface area contributed by atoms with Crippen LogP contribution in [0.15, 0.2) is 29.2 Å². The van der Waals surface area contributed by atoms with E-state index in [1.165, 1.54) is 17.1 Å². The van der Waals surface area contributed by atoms with Gasteiger partial charge in [0.2, 0.25) is 0 Å². The summed E-state index contributed by atoms with van der Waals surface area (Å²) in [4.78, 5) is 11.3. The molecule has 0 atom stereocenters. The Morgan fingerprint density at radius 1 is 1.18 bits per heavy atom. The van der Waals surface area contributed by atoms with Gasteiger partial charge in [-0.3, -0.25) is 5.43 Å². The second-order valence-electron chi connectivity index (χ2n) is 3.75. The second-order valence-corrected chi connectivity index (χ2v) is 5.44. The lowest BCUT2D eigenvalue weighted by molar-refractivity contribution is 0.217. The van der Waals surface area contributed by atoms with E-state index < -0.39 is 16.1 Å². The van der Waals surface area contributed by atoms with Crippen molar-refractivity contribution in [1.82, 2.24) is 15.2 Å². The number of amides is 2. The molecule has 0 aromatic heterocycles. The molecule has 1 rings (SSSR count). The largest absolute Gasteiger partial charge is 0.343 e. The van der Waals surface area contributed by atoms with Crippen LogP contribution in [0.1, 0.15) is 5.56 Å². The summed E-state index contributed by atoms with van der Waals surface area (Å²) >= 11 is 0. The highest BCUT2D eigenvalue weighted by molar-refractivity contribution is 7.90. The number of aryl methyl sites for hydroxylation is 1. The normalized spacial score (nSPS) is 11.3. The SMILES string of the molecule is Cc1ccc(S(=O)(=O)NC(=O)NN(C)C)cc1. The fraction of sp³-hybridized carbons (Fsp3) is 0.300. The molecule has 0 heterocycles. The minimum Gasteiger partial charge on any atom is -0.270 e. The van der Waals surface area contributed by atoms with Gasteiger partial charge in [0.05, 0.1) is 4.90 Å². The molecule has 17 heavy (non-hydrogen) atoms. The molecule has 0 aliphatic rings. The average molecular weight is 257 g/mol. The highest BCUT2D eigenvalue weighted by Gasteiger charge is 2.17. The van der Waals surface area contributed by atoms with Crippen LogP contribution in [0.5, 0.6) is 0 Å². The van der Waals surface area contributed by atoms with Gasteiger partial charge >= 0.3 is 6.03 Å². The van der Waals surface area contributed by atoms with Crippen molar-refractivity contribution in [3.63, 3.8) is 0 Å². The minimum atomic E-state index is -3.81. The van der Waals surface area contributed by atoms with Gasteiger partial charge in [0, 0.05) is 14.1 Å². The van der Waals surface area contributed by atoms with E-state index in [9.17, 15) is 13.2 Å². The number of carbonyl (C=O) groups is 1. The highest BCUT2D eigenvalue weighted by Crippen LogP contribution is 2.09. The third-order valence-electron chi connectivity index (χ3n) is 1.88. The Morgan fingerprint density at radius 2 is 1.71 bits per heavy atom. The van der Waals surface area contributed by atoms with Crippen molar-refractivity contribution >= 4 is 16.1 Å². The fourth-order valence-electron chi connectivity index (χ4n) is 1.12. The summed E-state index contributed by atoms with van der Waals surface area (Å²) in [7, 11) is -0.648. The molecule has 0 fully saturated rings. The first-order chi connectivity index (χ1) is 7.81. The lowest BCUT2D eigenvalue weighted by atomic mass is 10.2. The van der Waals surface area contributed by atoms with Crippen molar-refractivity contribution in [1.29, 1.82) is 0 Å². The molecular weight excluding hydrogens is 242 g/mol. The second kappa shape index (κ2) is 5.15. The number of hydrazine groups is 1. The Hall–Kier alpha value is -1.60. The quantitative estimate of drug-likeness (QED) is 0.771. The number of nitrogens with one attached hydrogen (secondary N) is 2. The fourth-order valence-corrected chi connectivity index (χ4v) is 2.03. The summed E-state index contributed by atoms with van der Waals surface area (Å²) < 4.78 is 25.4. The number of urea groups is 1. The summed E-state index contributed by atoms with van der Waals surface area (Å²) in [6.45, 7) is 1.85. The van der Waals surface area contributed by atoms with E-state index >= 15 is 0 Å². The van der Waals surface area contributed by atoms with Gasteiger partial charge in [0.25, 0.3) is 10.0 Å². The van der Waals surface area contributed by atoms with Crippen LogP contribution in [0.3, 0.4) is 0 Å². The highest BCUT2D eigenvalue weighted by atomic mass is 32.2. The van der Waals surface area contributed by atoms with Gasteiger partial charge in [0.15, 0.2) is 0 Å². The van der Waals surface area contributed by atoms with Gasteiger partial charge in [-0.05, 0) is 19.1 Å². The Labute approximate surface area is 101 Å². The predicted octanol–water partition coefficient (Wildman–Crippen LogP) is 0.460. The molecule has 0 aliphatic carbocycles. The van der Waals surface area contributed by atoms with Crippen LogP contribution in [0.4, 0.5) is 4.79 Å². The van der Waals surface area contributed by atoms with E-state index in [1.54, 1.807) is 26.2 Å². The van der Waals surface area contributed by atoms with Gasteiger partial charge in [0.1, 0.15) is 0 Å². The summed E-state index contributed by atoms with van der Waals surface area (Å²) in [6, 6.07) is 5.42. The summed E-state index contributed by atoms with van der Waals surface area (Å²) in [5, 5.41) is 1.35. The predicted molar refractivity (Wildman–Crippen MR) is 63.7 cm³/mol. The number of benzene rings is 1. The third-order valence-corrected chi connectivity index (χ3v) is 3.23. The molecule has 2 N–H and O–H groups in total. The van der Waals surface area contributed by atoms with Crippen LogP contribution >= 0.6 is 0 Å². The van der Waals surface area contributed by atoms with Crippen LogP contribution in [0.2, 0.25) is 0 Å². The van der Waals surface area contributed by atoms with Gasteiger partial charge in [-0.2, -0.15) is 0 Å². The number of rotatable bonds is 3. The van der Waals surface area contributed by atoms with Crippen LogP contribution in [0, 0.1) is 6.92 Å². The first-order valence-corrected chi connectivity index (χ1v) is 6.37. The van der Waals surface area contributed by atoms with Gasteiger partial charge in [-0.15, -0.1) is 0 Å². The molecule has 0 aliphatic heterocycles. The molecule has 0 unspecified atom stereocenters. The van der Waals surface area contributed by atoms with Gasteiger partial charge in [-0.1, -0.05) is 17.7 Å². The lowest BCUT2D eigenvalue weighted by Crippen LogP contribution is -2.45. The number of hydrogen-bond donors (Lipinski definition) is 2.